The minimum Gasteiger partial charge on any atom is -0.293 e. The van der Waals surface area contributed by atoms with E-state index in [-0.39, 0.29) is 11.6 Å². The third kappa shape index (κ3) is 3.97. The molecule has 0 unspecified atom stereocenters. The quantitative estimate of drug-likeness (QED) is 0.585. The molecule has 0 aliphatic carbocycles. The highest BCUT2D eigenvalue weighted by Crippen LogP contribution is 2.26. The van der Waals surface area contributed by atoms with Crippen molar-refractivity contribution in [3.8, 4) is 11.8 Å². The molecule has 2 heterocycles. The smallest absolute Gasteiger partial charge is 0.179 e. The topological polar surface area (TPSA) is 71.6 Å². The van der Waals surface area contributed by atoms with E-state index in [9.17, 15) is 14.4 Å². The van der Waals surface area contributed by atoms with Gasteiger partial charge in [-0.3, -0.25) is 4.79 Å². The molecule has 8 heteroatoms. The summed E-state index contributed by atoms with van der Waals surface area (Å²) in [7, 11) is 0. The lowest BCUT2D eigenvalue weighted by Crippen LogP contribution is -2.07. The largest absolute Gasteiger partial charge is 0.293 e. The van der Waals surface area contributed by atoms with Gasteiger partial charge in [0.05, 0.1) is 17.5 Å². The van der Waals surface area contributed by atoms with Gasteiger partial charge in [0.1, 0.15) is 16.0 Å². The SMILES string of the molecule is Cc1csc([C@H](C#N)C(=O)/C=C/c2c(C)nn(-c3ccc(F)cc3)c2Cl)n1. The maximum Gasteiger partial charge on any atom is 0.179 e. The van der Waals surface area contributed by atoms with Crippen molar-refractivity contribution < 1.29 is 9.18 Å². The van der Waals surface area contributed by atoms with E-state index in [0.29, 0.717) is 27.1 Å². The van der Waals surface area contributed by atoms with Crippen molar-refractivity contribution in [1.29, 1.82) is 5.26 Å². The second-order valence-electron chi connectivity index (χ2n) is 5.80. The van der Waals surface area contributed by atoms with Gasteiger partial charge in [0, 0.05) is 16.6 Å². The van der Waals surface area contributed by atoms with Crippen LogP contribution in [0.3, 0.4) is 0 Å². The molecule has 136 valence electrons. The third-order valence-corrected chi connectivity index (χ3v) is 5.22. The molecule has 5 nitrogen and oxygen atoms in total. The Hall–Kier alpha value is -2.82. The van der Waals surface area contributed by atoms with Crippen molar-refractivity contribution in [3.63, 3.8) is 0 Å². The Bertz CT molecular complexity index is 1060. The summed E-state index contributed by atoms with van der Waals surface area (Å²) in [6.07, 6.45) is 2.85. The highest BCUT2D eigenvalue weighted by molar-refractivity contribution is 7.10. The van der Waals surface area contributed by atoms with E-state index in [4.69, 9.17) is 11.6 Å². The van der Waals surface area contributed by atoms with E-state index in [1.165, 1.54) is 40.3 Å². The number of thiazole rings is 1. The van der Waals surface area contributed by atoms with E-state index in [1.807, 2.05) is 13.0 Å². The molecule has 2 aromatic heterocycles. The van der Waals surface area contributed by atoms with Crippen LogP contribution >= 0.6 is 22.9 Å². The van der Waals surface area contributed by atoms with Gasteiger partial charge in [-0.2, -0.15) is 10.4 Å². The zero-order chi connectivity index (χ0) is 19.6. The molecular formula is C19H14ClFN4OS. The summed E-state index contributed by atoms with van der Waals surface area (Å²) in [6.45, 7) is 3.56. The second kappa shape index (κ2) is 7.82. The normalized spacial score (nSPS) is 12.3. The number of benzene rings is 1. The maximum atomic E-state index is 13.1. The van der Waals surface area contributed by atoms with E-state index >= 15 is 0 Å². The third-order valence-electron chi connectivity index (χ3n) is 3.83. The molecule has 0 saturated carbocycles. The molecule has 0 fully saturated rings. The number of rotatable bonds is 5. The standard InChI is InChI=1S/C19H14ClFN4OS/c1-11-10-27-19(23-11)16(9-22)17(26)8-7-15-12(2)24-25(18(15)20)14-5-3-13(21)4-6-14/h3-8,10,16H,1-2H3/b8-7+/t16-/m1/s1. The number of halogens is 2. The van der Waals surface area contributed by atoms with Gasteiger partial charge in [-0.15, -0.1) is 11.3 Å². The fraction of sp³-hybridized carbons (Fsp3) is 0.158. The van der Waals surface area contributed by atoms with Gasteiger partial charge >= 0.3 is 0 Å². The van der Waals surface area contributed by atoms with Crippen molar-refractivity contribution >= 4 is 34.8 Å². The maximum absolute atomic E-state index is 13.1. The highest BCUT2D eigenvalue weighted by Gasteiger charge is 2.21. The molecule has 0 aliphatic rings. The monoisotopic (exact) mass is 400 g/mol. The molecule has 0 amide bonds. The van der Waals surface area contributed by atoms with Gasteiger partial charge in [-0.05, 0) is 50.3 Å². The van der Waals surface area contributed by atoms with Crippen molar-refractivity contribution in [2.45, 2.75) is 19.8 Å². The first-order valence-electron chi connectivity index (χ1n) is 7.95. The fourth-order valence-electron chi connectivity index (χ4n) is 2.46. The lowest BCUT2D eigenvalue weighted by atomic mass is 10.1. The number of carbonyl (C=O) groups excluding carboxylic acids is 1. The van der Waals surface area contributed by atoms with Crippen LogP contribution in [0.25, 0.3) is 11.8 Å². The Morgan fingerprint density at radius 2 is 2.07 bits per heavy atom. The average Bonchev–Trinajstić information content (AvgIpc) is 3.18. The van der Waals surface area contributed by atoms with Crippen LogP contribution in [0.5, 0.6) is 0 Å². The van der Waals surface area contributed by atoms with Crippen molar-refractivity contribution in [2.24, 2.45) is 0 Å². The molecule has 3 aromatic rings. The number of nitriles is 1. The summed E-state index contributed by atoms with van der Waals surface area (Å²) >= 11 is 7.67. The predicted molar refractivity (Wildman–Crippen MR) is 103 cm³/mol. The Labute approximate surface area is 164 Å². The number of ketones is 1. The van der Waals surface area contributed by atoms with Crippen LogP contribution < -0.4 is 0 Å². The molecule has 0 bridgehead atoms. The molecule has 1 aromatic carbocycles. The molecule has 3 rings (SSSR count). The fourth-order valence-corrected chi connectivity index (χ4v) is 3.64. The molecule has 1 atom stereocenters. The summed E-state index contributed by atoms with van der Waals surface area (Å²) in [5.74, 6) is -1.69. The number of nitrogens with zero attached hydrogens (tertiary/aromatic N) is 4. The second-order valence-corrected chi connectivity index (χ2v) is 7.05. The van der Waals surface area contributed by atoms with Crippen molar-refractivity contribution in [3.05, 3.63) is 68.7 Å². The molecule has 0 spiro atoms. The van der Waals surface area contributed by atoms with Gasteiger partial charge in [0.15, 0.2) is 11.7 Å². The van der Waals surface area contributed by atoms with Gasteiger partial charge in [0.2, 0.25) is 0 Å². The van der Waals surface area contributed by atoms with Crippen LogP contribution in [0.15, 0.2) is 35.7 Å². The van der Waals surface area contributed by atoms with Crippen LogP contribution in [0.4, 0.5) is 4.39 Å². The Kier molecular flexibility index (Phi) is 5.49. The van der Waals surface area contributed by atoms with E-state index in [0.717, 1.165) is 5.69 Å². The summed E-state index contributed by atoms with van der Waals surface area (Å²) in [6, 6.07) is 7.74. The van der Waals surface area contributed by atoms with Crippen molar-refractivity contribution in [1.82, 2.24) is 14.8 Å². The average molecular weight is 401 g/mol. The van der Waals surface area contributed by atoms with Gasteiger partial charge in [-0.25, -0.2) is 14.1 Å². The van der Waals surface area contributed by atoms with Crippen LogP contribution in [0, 0.1) is 31.0 Å². The summed E-state index contributed by atoms with van der Waals surface area (Å²) < 4.78 is 14.6. The van der Waals surface area contributed by atoms with Crippen LogP contribution in [0.1, 0.15) is 27.9 Å². The first-order chi connectivity index (χ1) is 12.9. The van der Waals surface area contributed by atoms with Crippen molar-refractivity contribution in [2.75, 3.05) is 0 Å². The Morgan fingerprint density at radius 1 is 1.37 bits per heavy atom. The van der Waals surface area contributed by atoms with Crippen LogP contribution in [-0.4, -0.2) is 20.5 Å². The van der Waals surface area contributed by atoms with E-state index in [2.05, 4.69) is 10.1 Å². The number of aryl methyl sites for hydroxylation is 2. The lowest BCUT2D eigenvalue weighted by Gasteiger charge is -2.03. The highest BCUT2D eigenvalue weighted by atomic mass is 35.5. The number of hydrogen-bond donors (Lipinski definition) is 0. The number of carbonyl (C=O) groups is 1. The molecule has 0 saturated heterocycles. The summed E-state index contributed by atoms with van der Waals surface area (Å²) in [5.41, 5.74) is 2.53. The molecule has 0 N–H and O–H groups in total. The minimum absolute atomic E-state index is 0.293. The number of aromatic nitrogens is 3. The molecular weight excluding hydrogens is 387 g/mol. The minimum atomic E-state index is -0.953. The molecule has 27 heavy (non-hydrogen) atoms. The first kappa shape index (κ1) is 19.0. The molecule has 0 aliphatic heterocycles. The first-order valence-corrected chi connectivity index (χ1v) is 9.21. The number of allylic oxidation sites excluding steroid dienone is 1. The molecule has 0 radical (unpaired) electrons. The summed E-state index contributed by atoms with van der Waals surface area (Å²) in [4.78, 5) is 16.7. The van der Waals surface area contributed by atoms with Gasteiger partial charge < -0.3 is 0 Å². The van der Waals surface area contributed by atoms with E-state index < -0.39 is 5.92 Å². The zero-order valence-corrected chi connectivity index (χ0v) is 16.1. The number of hydrogen-bond acceptors (Lipinski definition) is 5. The van der Waals surface area contributed by atoms with E-state index in [1.54, 1.807) is 24.4 Å². The zero-order valence-electron chi connectivity index (χ0n) is 14.5. The van der Waals surface area contributed by atoms with Gasteiger partial charge in [-0.1, -0.05) is 11.6 Å². The van der Waals surface area contributed by atoms with Crippen LogP contribution in [-0.2, 0) is 4.79 Å². The Balaban J connectivity index is 1.88. The van der Waals surface area contributed by atoms with Crippen LogP contribution in [0.2, 0.25) is 5.15 Å². The van der Waals surface area contributed by atoms with Gasteiger partial charge in [0.25, 0.3) is 0 Å². The summed E-state index contributed by atoms with van der Waals surface area (Å²) in [5, 5.41) is 16.2. The lowest BCUT2D eigenvalue weighted by molar-refractivity contribution is -0.114. The predicted octanol–water partition coefficient (Wildman–Crippen LogP) is 4.63. The Morgan fingerprint density at radius 3 is 2.67 bits per heavy atom.